The average molecular weight is 108 g/mol. The number of hydrogen-bond donors (Lipinski definition) is 0. The Balaban J connectivity index is 3.69. The molecule has 0 saturated carbocycles. The van der Waals surface area contributed by atoms with Crippen LogP contribution >= 0.6 is 0 Å². The molecular formula is CH2NOS2-. The SMILES string of the molecule is C=N[S-](=O)=S. The van der Waals surface area contributed by atoms with E-state index in [1.807, 2.05) is 0 Å². The van der Waals surface area contributed by atoms with Crippen LogP contribution in [0.25, 0.3) is 0 Å². The van der Waals surface area contributed by atoms with Gasteiger partial charge < -0.3 is 8.61 Å². The molecular weight excluding hydrogens is 106 g/mol. The highest BCUT2D eigenvalue weighted by Gasteiger charge is 1.30. The Labute approximate surface area is 36.8 Å². The van der Waals surface area contributed by atoms with E-state index in [9.17, 15) is 4.21 Å². The van der Waals surface area contributed by atoms with E-state index in [0.717, 1.165) is 0 Å². The second-order valence-corrected chi connectivity index (χ2v) is 1.89. The predicted octanol–water partition coefficient (Wildman–Crippen LogP) is 0.0277. The van der Waals surface area contributed by atoms with Gasteiger partial charge in [0.05, 0.1) is 0 Å². The van der Waals surface area contributed by atoms with Gasteiger partial charge in [0.1, 0.15) is 0 Å². The lowest BCUT2D eigenvalue weighted by molar-refractivity contribution is 0.605. The van der Waals surface area contributed by atoms with E-state index in [4.69, 9.17) is 0 Å². The molecule has 0 rings (SSSR count). The molecule has 0 atom stereocenters. The summed E-state index contributed by atoms with van der Waals surface area (Å²) < 4.78 is 12.4. The standard InChI is InChI=1S/CH2NOS2/c1-2-5(3)4/h1H2/q-1. The van der Waals surface area contributed by atoms with Gasteiger partial charge in [-0.05, 0) is 6.72 Å². The Morgan fingerprint density at radius 3 is 2.20 bits per heavy atom. The van der Waals surface area contributed by atoms with Crippen LogP contribution in [0.1, 0.15) is 0 Å². The molecule has 0 heterocycles. The molecule has 0 spiro atoms. The second-order valence-electron chi connectivity index (χ2n) is 0.346. The van der Waals surface area contributed by atoms with Crippen molar-refractivity contribution in [3.63, 3.8) is 0 Å². The van der Waals surface area contributed by atoms with Crippen LogP contribution in [0.2, 0.25) is 0 Å². The zero-order valence-corrected chi connectivity index (χ0v) is 4.01. The van der Waals surface area contributed by atoms with Crippen molar-refractivity contribution < 1.29 is 4.21 Å². The van der Waals surface area contributed by atoms with E-state index in [2.05, 4.69) is 22.3 Å². The van der Waals surface area contributed by atoms with Gasteiger partial charge >= 0.3 is 0 Å². The van der Waals surface area contributed by atoms with E-state index >= 15 is 0 Å². The predicted molar refractivity (Wildman–Crippen MR) is 25.0 cm³/mol. The third-order valence-corrected chi connectivity index (χ3v) is 0.632. The topological polar surface area (TPSA) is 29.4 Å². The summed E-state index contributed by atoms with van der Waals surface area (Å²) in [4.78, 5) is 0. The molecule has 0 aliphatic carbocycles. The molecule has 4 heteroatoms. The first-order valence-corrected chi connectivity index (χ1v) is 2.86. The van der Waals surface area contributed by atoms with E-state index in [-0.39, 0.29) is 0 Å². The van der Waals surface area contributed by atoms with Crippen LogP contribution < -0.4 is 0 Å². The Hall–Kier alpha value is 0.0400. The molecule has 0 aromatic heterocycles. The summed E-state index contributed by atoms with van der Waals surface area (Å²) in [5.41, 5.74) is 0. The molecule has 0 saturated heterocycles. The molecule has 30 valence electrons. The van der Waals surface area contributed by atoms with Crippen molar-refractivity contribution in [2.45, 2.75) is 0 Å². The van der Waals surface area contributed by atoms with Gasteiger partial charge in [0.2, 0.25) is 0 Å². The van der Waals surface area contributed by atoms with E-state index < -0.39 is 9.54 Å². The van der Waals surface area contributed by atoms with Gasteiger partial charge in [-0.2, -0.15) is 0 Å². The summed E-state index contributed by atoms with van der Waals surface area (Å²) in [6.07, 6.45) is 0. The lowest BCUT2D eigenvalue weighted by Crippen LogP contribution is -1.49. The molecule has 0 bridgehead atoms. The molecule has 0 aliphatic rings. The lowest BCUT2D eigenvalue weighted by atomic mass is 11.8. The molecule has 5 heavy (non-hydrogen) atoms. The second kappa shape index (κ2) is 2.29. The zero-order valence-electron chi connectivity index (χ0n) is 2.38. The van der Waals surface area contributed by atoms with Crippen LogP contribution in [0.4, 0.5) is 0 Å². The van der Waals surface area contributed by atoms with E-state index in [1.165, 1.54) is 0 Å². The van der Waals surface area contributed by atoms with Crippen molar-refractivity contribution in [2.75, 3.05) is 0 Å². The van der Waals surface area contributed by atoms with Gasteiger partial charge in [-0.25, -0.2) is 11.2 Å². The van der Waals surface area contributed by atoms with Crippen LogP contribution in [0, 0.1) is 0 Å². The van der Waals surface area contributed by atoms with Crippen LogP contribution in [0.3, 0.4) is 0 Å². The van der Waals surface area contributed by atoms with E-state index in [0.29, 0.717) is 0 Å². The summed E-state index contributed by atoms with van der Waals surface area (Å²) in [6.45, 7) is 2.91. The lowest BCUT2D eigenvalue weighted by Gasteiger charge is -1.74. The smallest absolute Gasteiger partial charge is 0.0371 e. The summed E-state index contributed by atoms with van der Waals surface area (Å²) in [5, 5.41) is 0. The van der Waals surface area contributed by atoms with Gasteiger partial charge in [-0.15, -0.1) is 9.54 Å². The third kappa shape index (κ3) is 4.04. The molecule has 2 nitrogen and oxygen atoms in total. The molecule has 0 aliphatic heterocycles. The Kier molecular flexibility index (Phi) is 2.31. The van der Waals surface area contributed by atoms with E-state index in [1.54, 1.807) is 0 Å². The third-order valence-electron chi connectivity index (χ3n) is 0.105. The molecule has 0 aromatic rings. The number of hydrogen-bond acceptors (Lipinski definition) is 3. The molecule has 0 amide bonds. The molecule has 0 N–H and O–H groups in total. The highest BCUT2D eigenvalue weighted by molar-refractivity contribution is 8.21. The number of rotatable bonds is 1. The Morgan fingerprint density at radius 2 is 2.20 bits per heavy atom. The van der Waals surface area contributed by atoms with Crippen molar-refractivity contribution in [1.29, 1.82) is 0 Å². The fourth-order valence-corrected chi connectivity index (χ4v) is 0. The molecule has 0 aromatic carbocycles. The van der Waals surface area contributed by atoms with Crippen molar-refractivity contribution in [2.24, 2.45) is 4.40 Å². The molecule has 0 radical (unpaired) electrons. The maximum absolute atomic E-state index is 9.51. The van der Waals surface area contributed by atoms with Crippen LogP contribution in [-0.4, -0.2) is 6.72 Å². The normalized spacial score (nSPS) is 8.20. The zero-order chi connectivity index (χ0) is 4.28. The van der Waals surface area contributed by atoms with Gasteiger partial charge in [-0.3, -0.25) is 0 Å². The quantitative estimate of drug-likeness (QED) is 0.350. The van der Waals surface area contributed by atoms with Gasteiger partial charge in [0.15, 0.2) is 0 Å². The monoisotopic (exact) mass is 108 g/mol. The minimum absolute atomic E-state index is 1.48. The fourth-order valence-electron chi connectivity index (χ4n) is 0. The van der Waals surface area contributed by atoms with Gasteiger partial charge in [0, 0.05) is 0 Å². The first-order valence-electron chi connectivity index (χ1n) is 0.832. The minimum Gasteiger partial charge on any atom is -0.430 e. The van der Waals surface area contributed by atoms with Crippen LogP contribution in [-0.2, 0) is 24.9 Å². The van der Waals surface area contributed by atoms with Gasteiger partial charge in [0.25, 0.3) is 0 Å². The maximum Gasteiger partial charge on any atom is -0.0371 e. The largest absolute Gasteiger partial charge is 0.430 e. The van der Waals surface area contributed by atoms with Crippen molar-refractivity contribution in [3.05, 3.63) is 0 Å². The Morgan fingerprint density at radius 1 is 2.00 bits per heavy atom. The highest BCUT2D eigenvalue weighted by Crippen LogP contribution is 1.54. The summed E-state index contributed by atoms with van der Waals surface area (Å²) in [7, 11) is -1.48. The first kappa shape index (κ1) is 5.04. The van der Waals surface area contributed by atoms with Crippen molar-refractivity contribution >= 4 is 27.5 Å². The fraction of sp³-hybridized carbons (Fsp3) is 0. The molecule has 0 unspecified atom stereocenters. The maximum atomic E-state index is 9.51. The van der Waals surface area contributed by atoms with Crippen molar-refractivity contribution in [3.8, 4) is 0 Å². The summed E-state index contributed by atoms with van der Waals surface area (Å²) in [5.74, 6) is 0. The first-order chi connectivity index (χ1) is 2.27. The minimum atomic E-state index is -1.48. The van der Waals surface area contributed by atoms with Crippen LogP contribution in [0.5, 0.6) is 0 Å². The summed E-state index contributed by atoms with van der Waals surface area (Å²) in [6, 6.07) is 0. The molecule has 0 fully saturated rings. The van der Waals surface area contributed by atoms with Gasteiger partial charge in [-0.1, -0.05) is 0 Å². The Bertz CT molecular complexity index is 85.8. The highest BCUT2D eigenvalue weighted by atomic mass is 32.8. The summed E-state index contributed by atoms with van der Waals surface area (Å²) >= 11 is 4.02. The average Bonchev–Trinajstić information content (AvgIpc) is 1.38. The number of nitrogens with zero attached hydrogens (tertiary/aromatic N) is 1. The van der Waals surface area contributed by atoms with Crippen LogP contribution in [0.15, 0.2) is 4.40 Å². The van der Waals surface area contributed by atoms with Crippen molar-refractivity contribution in [1.82, 2.24) is 0 Å².